The standard InChI is InChI=1S/C19H26N2O3S2/c1-2-20(13-17(22)23)16-7-9-21(10-8-16)18(24)14-3-5-15(6-4-14)19-25-11-12-26-19/h3-6,16,19H,2,7-13H2,1H3,(H,22,23). The van der Waals surface area contributed by atoms with Gasteiger partial charge in [-0.05, 0) is 37.1 Å². The van der Waals surface area contributed by atoms with E-state index in [1.165, 1.54) is 17.1 Å². The first-order chi connectivity index (χ1) is 12.6. The summed E-state index contributed by atoms with van der Waals surface area (Å²) in [6.07, 6.45) is 1.67. The number of nitrogens with zero attached hydrogens (tertiary/aromatic N) is 2. The van der Waals surface area contributed by atoms with Crippen LogP contribution in [-0.4, -0.2) is 70.5 Å². The van der Waals surface area contributed by atoms with E-state index in [4.69, 9.17) is 5.11 Å². The number of hydrogen-bond acceptors (Lipinski definition) is 5. The number of benzene rings is 1. The number of carbonyl (C=O) groups is 2. The normalized spacial score (nSPS) is 19.2. The zero-order valence-electron chi connectivity index (χ0n) is 15.1. The van der Waals surface area contributed by atoms with Crippen molar-refractivity contribution in [1.29, 1.82) is 0 Å². The highest BCUT2D eigenvalue weighted by Gasteiger charge is 2.28. The average molecular weight is 395 g/mol. The Morgan fingerprint density at radius 3 is 2.31 bits per heavy atom. The molecule has 2 fully saturated rings. The number of likely N-dealkylation sites (tertiary alicyclic amines) is 1. The average Bonchev–Trinajstić information content (AvgIpc) is 3.20. The fraction of sp³-hybridized carbons (Fsp3) is 0.579. The van der Waals surface area contributed by atoms with Gasteiger partial charge in [0.15, 0.2) is 0 Å². The highest BCUT2D eigenvalue weighted by Crippen LogP contribution is 2.45. The molecule has 26 heavy (non-hydrogen) atoms. The van der Waals surface area contributed by atoms with Gasteiger partial charge in [0.25, 0.3) is 5.91 Å². The molecule has 1 aromatic rings. The molecule has 0 unspecified atom stereocenters. The summed E-state index contributed by atoms with van der Waals surface area (Å²) in [5, 5.41) is 9.03. The third-order valence-electron chi connectivity index (χ3n) is 5.06. The zero-order valence-corrected chi connectivity index (χ0v) is 16.7. The number of thioether (sulfide) groups is 2. The van der Waals surface area contributed by atoms with E-state index in [0.717, 1.165) is 24.9 Å². The topological polar surface area (TPSA) is 60.9 Å². The molecule has 0 aliphatic carbocycles. The molecule has 2 aliphatic rings. The lowest BCUT2D eigenvalue weighted by Crippen LogP contribution is -2.48. The molecule has 0 aromatic heterocycles. The molecular weight excluding hydrogens is 368 g/mol. The zero-order chi connectivity index (χ0) is 18.5. The van der Waals surface area contributed by atoms with Crippen LogP contribution in [0.25, 0.3) is 0 Å². The maximum Gasteiger partial charge on any atom is 0.317 e. The Labute approximate surface area is 163 Å². The second-order valence-corrected chi connectivity index (χ2v) is 9.40. The van der Waals surface area contributed by atoms with Crippen LogP contribution in [0.5, 0.6) is 0 Å². The minimum Gasteiger partial charge on any atom is -0.480 e. The number of likely N-dealkylation sites (N-methyl/N-ethyl adjacent to an activating group) is 1. The second kappa shape index (κ2) is 9.15. The Kier molecular flexibility index (Phi) is 6.89. The van der Waals surface area contributed by atoms with Gasteiger partial charge in [-0.1, -0.05) is 19.1 Å². The summed E-state index contributed by atoms with van der Waals surface area (Å²) in [6.45, 7) is 4.17. The minimum absolute atomic E-state index is 0.0771. The van der Waals surface area contributed by atoms with E-state index in [1.54, 1.807) is 0 Å². The summed E-state index contributed by atoms with van der Waals surface area (Å²) in [5.41, 5.74) is 2.04. The molecule has 2 aliphatic heterocycles. The highest BCUT2D eigenvalue weighted by molar-refractivity contribution is 8.19. The molecule has 2 saturated heterocycles. The van der Waals surface area contributed by atoms with Crippen LogP contribution in [0.1, 0.15) is 40.3 Å². The van der Waals surface area contributed by atoms with E-state index in [0.29, 0.717) is 17.7 Å². The first-order valence-corrected chi connectivity index (χ1v) is 11.3. The lowest BCUT2D eigenvalue weighted by atomic mass is 10.0. The van der Waals surface area contributed by atoms with Gasteiger partial charge in [-0.3, -0.25) is 14.5 Å². The number of carboxylic acid groups (broad SMARTS) is 1. The SMILES string of the molecule is CCN(CC(=O)O)C1CCN(C(=O)c2ccc(C3SCCS3)cc2)CC1. The van der Waals surface area contributed by atoms with Crippen molar-refractivity contribution in [1.82, 2.24) is 9.80 Å². The van der Waals surface area contributed by atoms with E-state index in [9.17, 15) is 9.59 Å². The molecule has 0 bridgehead atoms. The quantitative estimate of drug-likeness (QED) is 0.800. The van der Waals surface area contributed by atoms with Crippen molar-refractivity contribution >= 4 is 35.4 Å². The van der Waals surface area contributed by atoms with Crippen molar-refractivity contribution in [2.24, 2.45) is 0 Å². The summed E-state index contributed by atoms with van der Waals surface area (Å²) in [6, 6.07) is 8.32. The monoisotopic (exact) mass is 394 g/mol. The summed E-state index contributed by atoms with van der Waals surface area (Å²) < 4.78 is 0.504. The molecule has 1 amide bonds. The fourth-order valence-electron chi connectivity index (χ4n) is 3.62. The number of amides is 1. The molecule has 142 valence electrons. The van der Waals surface area contributed by atoms with Crippen LogP contribution in [0.3, 0.4) is 0 Å². The van der Waals surface area contributed by atoms with Gasteiger partial charge in [-0.25, -0.2) is 0 Å². The predicted molar refractivity (Wildman–Crippen MR) is 108 cm³/mol. The first kappa shape index (κ1) is 19.6. The third kappa shape index (κ3) is 4.75. The maximum atomic E-state index is 12.8. The maximum absolute atomic E-state index is 12.8. The van der Waals surface area contributed by atoms with Crippen LogP contribution < -0.4 is 0 Å². The van der Waals surface area contributed by atoms with Crippen LogP contribution in [-0.2, 0) is 4.79 Å². The van der Waals surface area contributed by atoms with Gasteiger partial charge in [-0.2, -0.15) is 0 Å². The second-order valence-electron chi connectivity index (χ2n) is 6.68. The molecule has 3 rings (SSSR count). The Bertz CT molecular complexity index is 624. The molecule has 2 heterocycles. The fourth-order valence-corrected chi connectivity index (χ4v) is 6.48. The van der Waals surface area contributed by atoms with Crippen LogP contribution in [0.2, 0.25) is 0 Å². The Morgan fingerprint density at radius 1 is 1.15 bits per heavy atom. The number of aliphatic carboxylic acids is 1. The smallest absolute Gasteiger partial charge is 0.317 e. The van der Waals surface area contributed by atoms with Gasteiger partial charge in [0.05, 0.1) is 11.1 Å². The molecule has 1 aromatic carbocycles. The molecule has 0 atom stereocenters. The van der Waals surface area contributed by atoms with E-state index in [2.05, 4.69) is 12.1 Å². The number of carboxylic acids is 1. The molecule has 0 spiro atoms. The van der Waals surface area contributed by atoms with Crippen molar-refractivity contribution in [3.8, 4) is 0 Å². The third-order valence-corrected chi connectivity index (χ3v) is 8.17. The van der Waals surface area contributed by atoms with Crippen LogP contribution in [0, 0.1) is 0 Å². The van der Waals surface area contributed by atoms with Crippen molar-refractivity contribution in [3.05, 3.63) is 35.4 Å². The number of carbonyl (C=O) groups excluding carboxylic acids is 1. The van der Waals surface area contributed by atoms with Gasteiger partial charge in [-0.15, -0.1) is 23.5 Å². The Morgan fingerprint density at radius 2 is 1.77 bits per heavy atom. The summed E-state index contributed by atoms with van der Waals surface area (Å²) in [4.78, 5) is 27.6. The van der Waals surface area contributed by atoms with Crippen LogP contribution in [0.4, 0.5) is 0 Å². The highest BCUT2D eigenvalue weighted by atomic mass is 32.2. The van der Waals surface area contributed by atoms with Crippen molar-refractivity contribution in [3.63, 3.8) is 0 Å². The van der Waals surface area contributed by atoms with Crippen molar-refractivity contribution < 1.29 is 14.7 Å². The number of piperidine rings is 1. The first-order valence-electron chi connectivity index (χ1n) is 9.16. The Hall–Kier alpha value is -1.18. The Balaban J connectivity index is 1.55. The summed E-state index contributed by atoms with van der Waals surface area (Å²) in [5.74, 6) is 1.69. The predicted octanol–water partition coefficient (Wildman–Crippen LogP) is 3.18. The van der Waals surface area contributed by atoms with Gasteiger partial charge in [0, 0.05) is 36.2 Å². The lowest BCUT2D eigenvalue weighted by Gasteiger charge is -2.37. The minimum atomic E-state index is -0.788. The van der Waals surface area contributed by atoms with Crippen LogP contribution in [0.15, 0.2) is 24.3 Å². The van der Waals surface area contributed by atoms with E-state index < -0.39 is 5.97 Å². The largest absolute Gasteiger partial charge is 0.480 e. The van der Waals surface area contributed by atoms with Gasteiger partial charge < -0.3 is 10.0 Å². The summed E-state index contributed by atoms with van der Waals surface area (Å²) >= 11 is 3.94. The van der Waals surface area contributed by atoms with E-state index in [1.807, 2.05) is 52.4 Å². The van der Waals surface area contributed by atoms with Crippen molar-refractivity contribution in [2.75, 3.05) is 37.7 Å². The lowest BCUT2D eigenvalue weighted by molar-refractivity contribution is -0.139. The van der Waals surface area contributed by atoms with Gasteiger partial charge in [0.2, 0.25) is 0 Å². The van der Waals surface area contributed by atoms with E-state index in [-0.39, 0.29) is 18.5 Å². The number of rotatable bonds is 6. The van der Waals surface area contributed by atoms with Gasteiger partial charge >= 0.3 is 5.97 Å². The summed E-state index contributed by atoms with van der Waals surface area (Å²) in [7, 11) is 0. The van der Waals surface area contributed by atoms with Crippen molar-refractivity contribution in [2.45, 2.75) is 30.4 Å². The molecule has 7 heteroatoms. The molecule has 5 nitrogen and oxygen atoms in total. The molecular formula is C19H26N2O3S2. The van der Waals surface area contributed by atoms with E-state index >= 15 is 0 Å². The van der Waals surface area contributed by atoms with Crippen LogP contribution >= 0.6 is 23.5 Å². The molecule has 1 N–H and O–H groups in total. The molecule has 0 saturated carbocycles. The molecule has 0 radical (unpaired) electrons. The van der Waals surface area contributed by atoms with Gasteiger partial charge in [0.1, 0.15) is 0 Å². The number of hydrogen-bond donors (Lipinski definition) is 1.